The van der Waals surface area contributed by atoms with Crippen LogP contribution in [0.25, 0.3) is 0 Å². The number of ether oxygens (including phenoxy) is 1. The number of rotatable bonds is 7. The lowest BCUT2D eigenvalue weighted by Crippen LogP contribution is -2.42. The molecule has 0 atom stereocenters. The normalized spacial score (nSPS) is 17.7. The standard InChI is InChI=1S/C19H29N3O3S/c1-15(2)19(7-10-20)8-11-22(12-9-19)14-16-5-6-17(25-3)13-18(16)21-26(4,23)24/h5-6,13,15,21H,7-9,11-12,14H2,1-4H3. The third-order valence-electron chi connectivity index (χ3n) is 5.51. The number of nitriles is 1. The van der Waals surface area contributed by atoms with Crippen molar-refractivity contribution in [2.75, 3.05) is 31.2 Å². The summed E-state index contributed by atoms with van der Waals surface area (Å²) in [5.41, 5.74) is 1.58. The quantitative estimate of drug-likeness (QED) is 0.786. The Kier molecular flexibility index (Phi) is 6.53. The molecule has 144 valence electrons. The summed E-state index contributed by atoms with van der Waals surface area (Å²) in [6.07, 6.45) is 3.73. The second-order valence-electron chi connectivity index (χ2n) is 7.53. The smallest absolute Gasteiger partial charge is 0.229 e. The molecule has 1 aliphatic heterocycles. The van der Waals surface area contributed by atoms with Gasteiger partial charge in [-0.1, -0.05) is 19.9 Å². The van der Waals surface area contributed by atoms with E-state index >= 15 is 0 Å². The molecule has 26 heavy (non-hydrogen) atoms. The molecule has 0 amide bonds. The van der Waals surface area contributed by atoms with E-state index in [9.17, 15) is 13.7 Å². The zero-order valence-electron chi connectivity index (χ0n) is 16.1. The first-order chi connectivity index (χ1) is 12.2. The van der Waals surface area contributed by atoms with Crippen molar-refractivity contribution in [2.24, 2.45) is 11.3 Å². The van der Waals surface area contributed by atoms with Gasteiger partial charge in [0.25, 0.3) is 0 Å². The fraction of sp³-hybridized carbons (Fsp3) is 0.632. The number of hydrogen-bond acceptors (Lipinski definition) is 5. The van der Waals surface area contributed by atoms with Crippen LogP contribution in [0, 0.1) is 22.7 Å². The molecule has 2 rings (SSSR count). The number of anilines is 1. The number of hydrogen-bond donors (Lipinski definition) is 1. The minimum atomic E-state index is -3.36. The van der Waals surface area contributed by atoms with Gasteiger partial charge in [-0.3, -0.25) is 9.62 Å². The molecular formula is C19H29N3O3S. The zero-order chi connectivity index (χ0) is 19.4. The number of benzene rings is 1. The number of likely N-dealkylation sites (tertiary alicyclic amines) is 1. The van der Waals surface area contributed by atoms with Crippen LogP contribution >= 0.6 is 0 Å². The Labute approximate surface area is 157 Å². The highest BCUT2D eigenvalue weighted by molar-refractivity contribution is 7.92. The van der Waals surface area contributed by atoms with E-state index < -0.39 is 10.0 Å². The van der Waals surface area contributed by atoms with Crippen molar-refractivity contribution in [3.05, 3.63) is 23.8 Å². The van der Waals surface area contributed by atoms with E-state index in [-0.39, 0.29) is 5.41 Å². The van der Waals surface area contributed by atoms with Crippen LogP contribution in [0.4, 0.5) is 5.69 Å². The van der Waals surface area contributed by atoms with E-state index in [2.05, 4.69) is 29.5 Å². The largest absolute Gasteiger partial charge is 0.497 e. The van der Waals surface area contributed by atoms with Crippen molar-refractivity contribution in [3.8, 4) is 11.8 Å². The van der Waals surface area contributed by atoms with Crippen molar-refractivity contribution in [1.29, 1.82) is 5.26 Å². The SMILES string of the molecule is COc1ccc(CN2CCC(CC#N)(C(C)C)CC2)c(NS(C)(=O)=O)c1. The predicted molar refractivity (Wildman–Crippen MR) is 103 cm³/mol. The molecule has 1 aromatic carbocycles. The monoisotopic (exact) mass is 379 g/mol. The summed E-state index contributed by atoms with van der Waals surface area (Å²) in [7, 11) is -1.80. The van der Waals surface area contributed by atoms with Gasteiger partial charge in [0, 0.05) is 19.0 Å². The highest BCUT2D eigenvalue weighted by Gasteiger charge is 2.37. The van der Waals surface area contributed by atoms with E-state index in [1.54, 1.807) is 13.2 Å². The topological polar surface area (TPSA) is 82.4 Å². The molecule has 1 saturated heterocycles. The number of nitrogens with zero attached hydrogens (tertiary/aromatic N) is 2. The van der Waals surface area contributed by atoms with Gasteiger partial charge in [0.15, 0.2) is 0 Å². The highest BCUT2D eigenvalue weighted by Crippen LogP contribution is 2.42. The molecule has 0 bridgehead atoms. The molecule has 0 saturated carbocycles. The number of piperidine rings is 1. The second kappa shape index (κ2) is 8.28. The minimum absolute atomic E-state index is 0.0962. The zero-order valence-corrected chi connectivity index (χ0v) is 16.9. The summed E-state index contributed by atoms with van der Waals surface area (Å²) < 4.78 is 31.2. The van der Waals surface area contributed by atoms with Crippen molar-refractivity contribution in [3.63, 3.8) is 0 Å². The van der Waals surface area contributed by atoms with Gasteiger partial charge in [-0.05, 0) is 48.9 Å². The predicted octanol–water partition coefficient (Wildman–Crippen LogP) is 3.22. The fourth-order valence-electron chi connectivity index (χ4n) is 3.63. The van der Waals surface area contributed by atoms with Crippen LogP contribution in [0.2, 0.25) is 0 Å². The van der Waals surface area contributed by atoms with Crippen molar-refractivity contribution < 1.29 is 13.2 Å². The van der Waals surface area contributed by atoms with Crippen LogP contribution in [0.15, 0.2) is 18.2 Å². The van der Waals surface area contributed by atoms with Gasteiger partial charge in [0.2, 0.25) is 10.0 Å². The lowest BCUT2D eigenvalue weighted by Gasteiger charge is -2.43. The van der Waals surface area contributed by atoms with Gasteiger partial charge >= 0.3 is 0 Å². The van der Waals surface area contributed by atoms with Crippen molar-refractivity contribution in [2.45, 2.75) is 39.7 Å². The van der Waals surface area contributed by atoms with E-state index in [0.29, 0.717) is 30.3 Å². The summed E-state index contributed by atoms with van der Waals surface area (Å²) in [4.78, 5) is 2.33. The Morgan fingerprint density at radius 1 is 1.35 bits per heavy atom. The average molecular weight is 380 g/mol. The first kappa shape index (κ1) is 20.5. The Morgan fingerprint density at radius 2 is 2.00 bits per heavy atom. The Morgan fingerprint density at radius 3 is 2.50 bits per heavy atom. The Hall–Kier alpha value is -1.78. The van der Waals surface area contributed by atoms with Crippen LogP contribution in [0.1, 0.15) is 38.7 Å². The van der Waals surface area contributed by atoms with Crippen LogP contribution in [0.3, 0.4) is 0 Å². The molecule has 1 heterocycles. The lowest BCUT2D eigenvalue weighted by atomic mass is 9.68. The molecule has 6 nitrogen and oxygen atoms in total. The number of nitrogens with one attached hydrogen (secondary N) is 1. The van der Waals surface area contributed by atoms with Crippen LogP contribution in [-0.2, 0) is 16.6 Å². The molecule has 7 heteroatoms. The molecule has 1 aliphatic rings. The molecule has 0 aliphatic carbocycles. The van der Waals surface area contributed by atoms with Gasteiger partial charge < -0.3 is 4.74 Å². The maximum atomic E-state index is 11.7. The van der Waals surface area contributed by atoms with Crippen molar-refractivity contribution >= 4 is 15.7 Å². The van der Waals surface area contributed by atoms with Gasteiger partial charge in [-0.25, -0.2) is 8.42 Å². The summed E-state index contributed by atoms with van der Waals surface area (Å²) >= 11 is 0. The number of sulfonamides is 1. The number of methoxy groups -OCH3 is 1. The molecule has 1 aromatic rings. The summed E-state index contributed by atoms with van der Waals surface area (Å²) in [6.45, 7) is 6.88. The van der Waals surface area contributed by atoms with Crippen LogP contribution in [-0.4, -0.2) is 39.8 Å². The molecule has 1 N–H and O–H groups in total. The minimum Gasteiger partial charge on any atom is -0.497 e. The van der Waals surface area contributed by atoms with E-state index in [0.717, 1.165) is 37.8 Å². The lowest BCUT2D eigenvalue weighted by molar-refractivity contribution is 0.0618. The highest BCUT2D eigenvalue weighted by atomic mass is 32.2. The molecule has 0 aromatic heterocycles. The summed E-state index contributed by atoms with van der Waals surface area (Å²) in [5.74, 6) is 1.10. The second-order valence-corrected chi connectivity index (χ2v) is 9.27. The molecule has 0 spiro atoms. The van der Waals surface area contributed by atoms with E-state index in [4.69, 9.17) is 4.74 Å². The van der Waals surface area contributed by atoms with Gasteiger partial charge in [-0.15, -0.1) is 0 Å². The summed E-state index contributed by atoms with van der Waals surface area (Å²) in [5, 5.41) is 9.19. The van der Waals surface area contributed by atoms with Gasteiger partial charge in [-0.2, -0.15) is 5.26 Å². The van der Waals surface area contributed by atoms with E-state index in [1.165, 1.54) is 0 Å². The Bertz CT molecular complexity index is 761. The Balaban J connectivity index is 2.13. The van der Waals surface area contributed by atoms with E-state index in [1.807, 2.05) is 12.1 Å². The first-order valence-corrected chi connectivity index (χ1v) is 10.8. The third kappa shape index (κ3) is 5.12. The van der Waals surface area contributed by atoms with Gasteiger partial charge in [0.05, 0.1) is 25.1 Å². The molecule has 0 unspecified atom stereocenters. The molecule has 0 radical (unpaired) electrons. The third-order valence-corrected chi connectivity index (χ3v) is 6.10. The van der Waals surface area contributed by atoms with Crippen LogP contribution < -0.4 is 9.46 Å². The maximum Gasteiger partial charge on any atom is 0.229 e. The molecular weight excluding hydrogens is 350 g/mol. The molecule has 1 fully saturated rings. The first-order valence-electron chi connectivity index (χ1n) is 8.93. The van der Waals surface area contributed by atoms with Crippen molar-refractivity contribution in [1.82, 2.24) is 4.90 Å². The van der Waals surface area contributed by atoms with Gasteiger partial charge in [0.1, 0.15) is 5.75 Å². The maximum absolute atomic E-state index is 11.7. The fourth-order valence-corrected chi connectivity index (χ4v) is 4.22. The van der Waals surface area contributed by atoms with Crippen LogP contribution in [0.5, 0.6) is 5.75 Å². The summed E-state index contributed by atoms with van der Waals surface area (Å²) in [6, 6.07) is 7.84. The average Bonchev–Trinajstić information content (AvgIpc) is 2.57.